The zero-order valence-corrected chi connectivity index (χ0v) is 17.5. The number of primary amides is 1. The number of amides is 1. The van der Waals surface area contributed by atoms with Gasteiger partial charge in [0.2, 0.25) is 11.7 Å². The highest BCUT2D eigenvalue weighted by molar-refractivity contribution is 5.96. The van der Waals surface area contributed by atoms with Crippen molar-refractivity contribution in [1.82, 2.24) is 4.98 Å². The number of carbonyl (C=O) groups excluding carboxylic acids is 1. The highest BCUT2D eigenvalue weighted by Crippen LogP contribution is 2.39. The van der Waals surface area contributed by atoms with Crippen LogP contribution in [0.5, 0.6) is 17.2 Å². The summed E-state index contributed by atoms with van der Waals surface area (Å²) < 4.78 is 22.4. The summed E-state index contributed by atoms with van der Waals surface area (Å²) in [7, 11) is 4.72. The fourth-order valence-corrected chi connectivity index (χ4v) is 3.55. The molecule has 0 saturated heterocycles. The van der Waals surface area contributed by atoms with E-state index in [1.807, 2.05) is 36.4 Å². The van der Waals surface area contributed by atoms with Crippen LogP contribution in [0.4, 0.5) is 0 Å². The van der Waals surface area contributed by atoms with Gasteiger partial charge in [0.15, 0.2) is 23.0 Å². The number of aromatic nitrogens is 1. The number of para-hydroxylation sites is 1. The number of carbonyl (C=O) groups is 1. The zero-order chi connectivity index (χ0) is 22.0. The number of oxazole rings is 1. The van der Waals surface area contributed by atoms with Gasteiger partial charge in [-0.25, -0.2) is 4.98 Å². The molecule has 0 aliphatic rings. The Bertz CT molecular complexity index is 1240. The molecule has 4 aromatic rings. The van der Waals surface area contributed by atoms with Crippen LogP contribution in [0, 0.1) is 0 Å². The molecule has 0 saturated carbocycles. The molecule has 0 bridgehead atoms. The van der Waals surface area contributed by atoms with Gasteiger partial charge in [0.1, 0.15) is 5.52 Å². The number of hydrogen-bond acceptors (Lipinski definition) is 6. The van der Waals surface area contributed by atoms with Crippen molar-refractivity contribution >= 4 is 17.0 Å². The van der Waals surface area contributed by atoms with Crippen LogP contribution in [0.15, 0.2) is 59.0 Å². The first kappa shape index (κ1) is 20.3. The summed E-state index contributed by atoms with van der Waals surface area (Å²) in [5, 5.41) is 0. The van der Waals surface area contributed by atoms with Gasteiger partial charge in [-0.05, 0) is 41.5 Å². The van der Waals surface area contributed by atoms with E-state index in [1.165, 1.54) is 0 Å². The van der Waals surface area contributed by atoms with Crippen LogP contribution in [0.3, 0.4) is 0 Å². The summed E-state index contributed by atoms with van der Waals surface area (Å²) >= 11 is 0. The maximum atomic E-state index is 11.6. The van der Waals surface area contributed by atoms with Crippen molar-refractivity contribution in [3.63, 3.8) is 0 Å². The number of methoxy groups -OCH3 is 3. The zero-order valence-electron chi connectivity index (χ0n) is 17.5. The number of nitrogens with two attached hydrogens (primary N) is 1. The highest BCUT2D eigenvalue weighted by atomic mass is 16.5. The Morgan fingerprint density at radius 2 is 1.68 bits per heavy atom. The Labute approximate surface area is 179 Å². The van der Waals surface area contributed by atoms with Crippen molar-refractivity contribution < 1.29 is 23.4 Å². The molecule has 0 aliphatic heterocycles. The van der Waals surface area contributed by atoms with Crippen LogP contribution in [-0.4, -0.2) is 32.2 Å². The van der Waals surface area contributed by atoms with E-state index in [4.69, 9.17) is 24.4 Å². The van der Waals surface area contributed by atoms with E-state index in [0.29, 0.717) is 40.7 Å². The van der Waals surface area contributed by atoms with Crippen molar-refractivity contribution in [2.24, 2.45) is 5.73 Å². The Morgan fingerprint density at radius 3 is 2.32 bits per heavy atom. The van der Waals surface area contributed by atoms with Gasteiger partial charge in [0, 0.05) is 17.5 Å². The molecule has 1 aromatic heterocycles. The Morgan fingerprint density at radius 1 is 0.968 bits per heavy atom. The Hall–Kier alpha value is -4.00. The molecule has 0 fully saturated rings. The van der Waals surface area contributed by atoms with E-state index in [1.54, 1.807) is 39.5 Å². The molecular formula is C24H22N2O5. The fourth-order valence-electron chi connectivity index (χ4n) is 3.55. The van der Waals surface area contributed by atoms with Crippen molar-refractivity contribution in [2.75, 3.05) is 21.3 Å². The van der Waals surface area contributed by atoms with Crippen LogP contribution in [0.25, 0.3) is 22.2 Å². The third-order valence-corrected chi connectivity index (χ3v) is 5.00. The highest BCUT2D eigenvalue weighted by Gasteiger charge is 2.17. The number of benzene rings is 3. The molecule has 0 unspecified atom stereocenters. The lowest BCUT2D eigenvalue weighted by molar-refractivity contribution is 0.100. The first-order valence-corrected chi connectivity index (χ1v) is 9.61. The number of nitrogens with zero attached hydrogens (tertiary/aromatic N) is 1. The summed E-state index contributed by atoms with van der Waals surface area (Å²) in [5.41, 5.74) is 9.80. The first-order valence-electron chi connectivity index (χ1n) is 9.61. The van der Waals surface area contributed by atoms with Gasteiger partial charge in [-0.15, -0.1) is 0 Å². The maximum Gasteiger partial charge on any atom is 0.248 e. The molecule has 0 atom stereocenters. The van der Waals surface area contributed by atoms with Crippen LogP contribution in [0.2, 0.25) is 0 Å². The third-order valence-electron chi connectivity index (χ3n) is 5.00. The molecule has 1 heterocycles. The maximum absolute atomic E-state index is 11.6. The second kappa shape index (κ2) is 8.39. The normalized spacial score (nSPS) is 10.8. The van der Waals surface area contributed by atoms with E-state index < -0.39 is 5.91 Å². The summed E-state index contributed by atoms with van der Waals surface area (Å²) in [6, 6.07) is 16.6. The van der Waals surface area contributed by atoms with Gasteiger partial charge in [-0.2, -0.15) is 0 Å². The molecule has 31 heavy (non-hydrogen) atoms. The lowest BCUT2D eigenvalue weighted by Gasteiger charge is -2.13. The van der Waals surface area contributed by atoms with Crippen molar-refractivity contribution in [3.8, 4) is 28.4 Å². The minimum atomic E-state index is -0.477. The molecule has 158 valence electrons. The fraction of sp³-hybridized carbons (Fsp3) is 0.167. The van der Waals surface area contributed by atoms with Gasteiger partial charge in [0.05, 0.1) is 21.3 Å². The molecule has 0 spiro atoms. The molecule has 1 amide bonds. The Balaban J connectivity index is 1.74. The molecule has 2 N–H and O–H groups in total. The largest absolute Gasteiger partial charge is 0.493 e. The van der Waals surface area contributed by atoms with Crippen LogP contribution in [0.1, 0.15) is 21.8 Å². The smallest absolute Gasteiger partial charge is 0.248 e. The van der Waals surface area contributed by atoms with Gasteiger partial charge >= 0.3 is 0 Å². The molecule has 0 radical (unpaired) electrons. The molecule has 0 aliphatic carbocycles. The summed E-state index contributed by atoms with van der Waals surface area (Å²) in [6.07, 6.45) is 0.437. The topological polar surface area (TPSA) is 96.8 Å². The lowest BCUT2D eigenvalue weighted by atomic mass is 10.0. The minimum absolute atomic E-state index is 0.437. The SMILES string of the molecule is COc1cc(Cc2nc3cccc(-c4cccc(C(N)=O)c4)c3o2)cc(OC)c1OC. The molecular weight excluding hydrogens is 396 g/mol. The predicted octanol–water partition coefficient (Wildman–Crippen LogP) is 4.21. The van der Waals surface area contributed by atoms with Crippen molar-refractivity contribution in [3.05, 3.63) is 71.6 Å². The monoisotopic (exact) mass is 418 g/mol. The summed E-state index contributed by atoms with van der Waals surface area (Å²) in [5.74, 6) is 1.73. The summed E-state index contributed by atoms with van der Waals surface area (Å²) in [6.45, 7) is 0. The van der Waals surface area contributed by atoms with Gasteiger partial charge in [-0.3, -0.25) is 4.79 Å². The third kappa shape index (κ3) is 3.90. The second-order valence-electron chi connectivity index (χ2n) is 6.92. The minimum Gasteiger partial charge on any atom is -0.493 e. The average molecular weight is 418 g/mol. The summed E-state index contributed by atoms with van der Waals surface area (Å²) in [4.78, 5) is 16.2. The van der Waals surface area contributed by atoms with E-state index in [2.05, 4.69) is 4.98 Å². The van der Waals surface area contributed by atoms with Crippen molar-refractivity contribution in [2.45, 2.75) is 6.42 Å². The number of ether oxygens (including phenoxy) is 3. The Kier molecular flexibility index (Phi) is 5.49. The van der Waals surface area contributed by atoms with E-state index in [-0.39, 0.29) is 0 Å². The number of fused-ring (bicyclic) bond motifs is 1. The standard InChI is InChI=1S/C24H22N2O5/c1-28-19-10-14(11-20(29-2)23(19)30-3)12-21-26-18-9-5-8-17(22(18)31-21)15-6-4-7-16(13-15)24(25)27/h4-11,13H,12H2,1-3H3,(H2,25,27). The van der Waals surface area contributed by atoms with Crippen LogP contribution in [-0.2, 0) is 6.42 Å². The average Bonchev–Trinajstić information content (AvgIpc) is 3.20. The number of hydrogen-bond donors (Lipinski definition) is 1. The molecule has 4 rings (SSSR count). The van der Waals surface area contributed by atoms with E-state index >= 15 is 0 Å². The molecule has 7 heteroatoms. The van der Waals surface area contributed by atoms with E-state index in [9.17, 15) is 4.79 Å². The quantitative estimate of drug-likeness (QED) is 0.483. The van der Waals surface area contributed by atoms with Crippen LogP contribution >= 0.6 is 0 Å². The van der Waals surface area contributed by atoms with Gasteiger partial charge in [-0.1, -0.05) is 24.3 Å². The first-order chi connectivity index (χ1) is 15.0. The molecule has 7 nitrogen and oxygen atoms in total. The predicted molar refractivity (Wildman–Crippen MR) is 117 cm³/mol. The second-order valence-corrected chi connectivity index (χ2v) is 6.92. The van der Waals surface area contributed by atoms with E-state index in [0.717, 1.165) is 22.2 Å². The van der Waals surface area contributed by atoms with Crippen molar-refractivity contribution in [1.29, 1.82) is 0 Å². The van der Waals surface area contributed by atoms with Crippen LogP contribution < -0.4 is 19.9 Å². The van der Waals surface area contributed by atoms with Gasteiger partial charge < -0.3 is 24.4 Å². The molecule has 3 aromatic carbocycles. The number of rotatable bonds is 7. The lowest BCUT2D eigenvalue weighted by Crippen LogP contribution is -2.10. The van der Waals surface area contributed by atoms with Gasteiger partial charge in [0.25, 0.3) is 0 Å².